The molecule has 0 aliphatic carbocycles. The monoisotopic (exact) mass is 470 g/mol. The minimum absolute atomic E-state index is 0.157. The lowest BCUT2D eigenvalue weighted by atomic mass is 10.1. The van der Waals surface area contributed by atoms with Gasteiger partial charge in [0.2, 0.25) is 5.91 Å². The summed E-state index contributed by atoms with van der Waals surface area (Å²) in [6.07, 6.45) is 2.63. The number of thiophene rings is 1. The highest BCUT2D eigenvalue weighted by atomic mass is 32.1. The number of amides is 2. The van der Waals surface area contributed by atoms with Gasteiger partial charge in [0.25, 0.3) is 5.91 Å². The number of rotatable bonds is 9. The number of nitrogens with one attached hydrogen (secondary N) is 1. The van der Waals surface area contributed by atoms with Gasteiger partial charge in [-0.05, 0) is 58.7 Å². The molecule has 0 aliphatic rings. The number of anilines is 1. The fourth-order valence-corrected chi connectivity index (χ4v) is 4.97. The van der Waals surface area contributed by atoms with Gasteiger partial charge >= 0.3 is 5.97 Å². The van der Waals surface area contributed by atoms with Gasteiger partial charge in [-0.1, -0.05) is 6.07 Å². The molecule has 0 aliphatic heterocycles. The summed E-state index contributed by atoms with van der Waals surface area (Å²) in [4.78, 5) is 45.1. The van der Waals surface area contributed by atoms with Crippen LogP contribution in [0.15, 0.2) is 24.4 Å². The Labute approximate surface area is 197 Å². The summed E-state index contributed by atoms with van der Waals surface area (Å²) < 4.78 is 7.17. The van der Waals surface area contributed by atoms with Crippen LogP contribution in [0.4, 0.5) is 5.00 Å². The van der Waals surface area contributed by atoms with E-state index in [1.165, 1.54) is 0 Å². The Bertz CT molecular complexity index is 1180. The number of pyridine rings is 1. The molecule has 2 amide bonds. The number of fused-ring (bicyclic) bond motifs is 1. The normalized spacial score (nSPS) is 10.9. The molecule has 0 unspecified atom stereocenters. The van der Waals surface area contributed by atoms with Crippen LogP contribution in [0.1, 0.15) is 64.2 Å². The molecular formula is C24H30N4O4S. The van der Waals surface area contributed by atoms with Crippen molar-refractivity contribution < 1.29 is 19.1 Å². The van der Waals surface area contributed by atoms with Crippen molar-refractivity contribution in [2.45, 2.75) is 47.5 Å². The molecule has 8 nitrogen and oxygen atoms in total. The van der Waals surface area contributed by atoms with E-state index < -0.39 is 5.97 Å². The van der Waals surface area contributed by atoms with Crippen LogP contribution in [-0.2, 0) is 16.0 Å². The van der Waals surface area contributed by atoms with Gasteiger partial charge in [-0.2, -0.15) is 0 Å². The van der Waals surface area contributed by atoms with Crippen molar-refractivity contribution in [1.82, 2.24) is 14.3 Å². The number of nitrogens with zero attached hydrogens (tertiary/aromatic N) is 3. The van der Waals surface area contributed by atoms with Crippen LogP contribution >= 0.6 is 11.3 Å². The number of hydrogen-bond donors (Lipinski definition) is 1. The molecule has 176 valence electrons. The van der Waals surface area contributed by atoms with E-state index >= 15 is 0 Å². The SMILES string of the molecule is CCOC(=O)c1c(NC(=O)CCc2c(C)nc3ccccn23)sc(C(=O)N(CC)CC)c1C. The van der Waals surface area contributed by atoms with Crippen LogP contribution in [0.25, 0.3) is 5.65 Å². The molecule has 3 aromatic heterocycles. The predicted molar refractivity (Wildman–Crippen MR) is 129 cm³/mol. The third-order valence-corrected chi connectivity index (χ3v) is 6.74. The lowest BCUT2D eigenvalue weighted by Crippen LogP contribution is -2.30. The highest BCUT2D eigenvalue weighted by Gasteiger charge is 2.28. The molecule has 0 aromatic carbocycles. The third kappa shape index (κ3) is 5.08. The van der Waals surface area contributed by atoms with Crippen molar-refractivity contribution in [3.8, 4) is 0 Å². The number of imidazole rings is 1. The summed E-state index contributed by atoms with van der Waals surface area (Å²) in [6.45, 7) is 10.5. The van der Waals surface area contributed by atoms with Gasteiger partial charge < -0.3 is 19.4 Å². The lowest BCUT2D eigenvalue weighted by Gasteiger charge is -2.18. The number of carbonyl (C=O) groups excluding carboxylic acids is 3. The van der Waals surface area contributed by atoms with Gasteiger partial charge in [-0.15, -0.1) is 11.3 Å². The Kier molecular flexibility index (Phi) is 7.86. The number of ether oxygens (including phenoxy) is 1. The lowest BCUT2D eigenvalue weighted by molar-refractivity contribution is -0.116. The molecule has 9 heteroatoms. The Morgan fingerprint density at radius 2 is 1.88 bits per heavy atom. The number of esters is 1. The fourth-order valence-electron chi connectivity index (χ4n) is 3.80. The second kappa shape index (κ2) is 10.6. The Morgan fingerprint density at radius 1 is 1.15 bits per heavy atom. The molecule has 0 radical (unpaired) electrons. The first-order chi connectivity index (χ1) is 15.8. The first-order valence-corrected chi connectivity index (χ1v) is 12.0. The molecule has 3 aromatic rings. The average molecular weight is 471 g/mol. The fraction of sp³-hybridized carbons (Fsp3) is 0.417. The van der Waals surface area contributed by atoms with E-state index in [0.717, 1.165) is 28.4 Å². The summed E-state index contributed by atoms with van der Waals surface area (Å²) in [7, 11) is 0. The highest BCUT2D eigenvalue weighted by Crippen LogP contribution is 2.35. The first-order valence-electron chi connectivity index (χ1n) is 11.1. The molecule has 33 heavy (non-hydrogen) atoms. The maximum Gasteiger partial charge on any atom is 0.341 e. The van der Waals surface area contributed by atoms with Crippen molar-refractivity contribution in [1.29, 1.82) is 0 Å². The summed E-state index contributed by atoms with van der Waals surface area (Å²) in [6, 6.07) is 5.77. The number of aryl methyl sites for hydroxylation is 2. The largest absolute Gasteiger partial charge is 0.462 e. The Morgan fingerprint density at radius 3 is 2.55 bits per heavy atom. The van der Waals surface area contributed by atoms with Crippen molar-refractivity contribution >= 4 is 39.8 Å². The van der Waals surface area contributed by atoms with Crippen LogP contribution in [0.3, 0.4) is 0 Å². The van der Waals surface area contributed by atoms with E-state index in [-0.39, 0.29) is 30.4 Å². The van der Waals surface area contributed by atoms with Gasteiger partial charge in [0, 0.05) is 31.4 Å². The molecule has 3 rings (SSSR count). The van der Waals surface area contributed by atoms with Gasteiger partial charge in [-0.25, -0.2) is 9.78 Å². The van der Waals surface area contributed by atoms with Crippen LogP contribution in [0.2, 0.25) is 0 Å². The van der Waals surface area contributed by atoms with E-state index in [4.69, 9.17) is 4.74 Å². The van der Waals surface area contributed by atoms with Crippen molar-refractivity contribution in [3.63, 3.8) is 0 Å². The van der Waals surface area contributed by atoms with E-state index in [9.17, 15) is 14.4 Å². The molecule has 1 N–H and O–H groups in total. The van der Waals surface area contributed by atoms with Crippen LogP contribution in [0, 0.1) is 13.8 Å². The summed E-state index contributed by atoms with van der Waals surface area (Å²) in [5, 5.41) is 3.20. The van der Waals surface area contributed by atoms with Gasteiger partial charge in [0.15, 0.2) is 0 Å². The maximum atomic E-state index is 13.0. The molecule has 0 spiro atoms. The second-order valence-corrected chi connectivity index (χ2v) is 8.60. The zero-order chi connectivity index (χ0) is 24.1. The van der Waals surface area contributed by atoms with Crippen LogP contribution in [-0.4, -0.2) is 51.8 Å². The Hall–Kier alpha value is -3.20. The van der Waals surface area contributed by atoms with Gasteiger partial charge in [0.05, 0.1) is 22.7 Å². The van der Waals surface area contributed by atoms with E-state index in [1.807, 2.05) is 49.6 Å². The third-order valence-electron chi connectivity index (χ3n) is 5.54. The highest BCUT2D eigenvalue weighted by molar-refractivity contribution is 7.18. The summed E-state index contributed by atoms with van der Waals surface area (Å²) >= 11 is 1.12. The first kappa shape index (κ1) is 24.4. The zero-order valence-corrected chi connectivity index (χ0v) is 20.5. The van der Waals surface area contributed by atoms with Crippen molar-refractivity contribution in [3.05, 3.63) is 51.8 Å². The minimum Gasteiger partial charge on any atom is -0.462 e. The van der Waals surface area contributed by atoms with Gasteiger partial charge in [-0.3, -0.25) is 9.59 Å². The van der Waals surface area contributed by atoms with Crippen LogP contribution in [0.5, 0.6) is 0 Å². The maximum absolute atomic E-state index is 13.0. The molecule has 0 bridgehead atoms. The van der Waals surface area contributed by atoms with Crippen molar-refractivity contribution in [2.75, 3.05) is 25.0 Å². The molecule has 3 heterocycles. The van der Waals surface area contributed by atoms with E-state index in [1.54, 1.807) is 18.7 Å². The zero-order valence-electron chi connectivity index (χ0n) is 19.7. The van der Waals surface area contributed by atoms with E-state index in [2.05, 4.69) is 10.3 Å². The minimum atomic E-state index is -0.544. The smallest absolute Gasteiger partial charge is 0.341 e. The molecule has 0 saturated carbocycles. The predicted octanol–water partition coefficient (Wildman–Crippen LogP) is 4.24. The topological polar surface area (TPSA) is 93.0 Å². The van der Waals surface area contributed by atoms with E-state index in [0.29, 0.717) is 35.0 Å². The summed E-state index contributed by atoms with van der Waals surface area (Å²) in [5.74, 6) is -0.943. The Balaban J connectivity index is 1.84. The number of aromatic nitrogens is 2. The van der Waals surface area contributed by atoms with Crippen molar-refractivity contribution in [2.24, 2.45) is 0 Å². The quantitative estimate of drug-likeness (QED) is 0.472. The van der Waals surface area contributed by atoms with Gasteiger partial charge in [0.1, 0.15) is 10.6 Å². The number of hydrogen-bond acceptors (Lipinski definition) is 6. The van der Waals surface area contributed by atoms with Crippen LogP contribution < -0.4 is 5.32 Å². The second-order valence-electron chi connectivity index (χ2n) is 7.58. The molecule has 0 saturated heterocycles. The standard InChI is InChI=1S/C24H30N4O4S/c1-6-27(7-2)23(30)21-15(4)20(24(31)32-8-3)22(33-21)26-19(29)13-12-17-16(5)25-18-11-9-10-14-28(17)18/h9-11,14H,6-8,12-13H2,1-5H3,(H,26,29). The number of carbonyl (C=O) groups is 3. The molecule has 0 atom stereocenters. The molecular weight excluding hydrogens is 440 g/mol. The summed E-state index contributed by atoms with van der Waals surface area (Å²) in [5.41, 5.74) is 3.45. The average Bonchev–Trinajstić information content (AvgIpc) is 3.28. The molecule has 0 fully saturated rings.